The summed E-state index contributed by atoms with van der Waals surface area (Å²) in [5.74, 6) is 0. The van der Waals surface area contributed by atoms with Gasteiger partial charge in [0.05, 0.1) is 0 Å². The first-order valence-corrected chi connectivity index (χ1v) is 3.96. The summed E-state index contributed by atoms with van der Waals surface area (Å²) < 4.78 is 0. The lowest BCUT2D eigenvalue weighted by Crippen LogP contribution is -2.33. The summed E-state index contributed by atoms with van der Waals surface area (Å²) in [5.41, 5.74) is -0.498. The molecule has 0 unspecified atom stereocenters. The molecule has 11 heavy (non-hydrogen) atoms. The summed E-state index contributed by atoms with van der Waals surface area (Å²) in [5, 5.41) is 9.38. The van der Waals surface area contributed by atoms with Crippen molar-refractivity contribution in [3.8, 4) is 0 Å². The van der Waals surface area contributed by atoms with E-state index in [0.717, 1.165) is 25.7 Å². The van der Waals surface area contributed by atoms with E-state index in [1.54, 1.807) is 0 Å². The summed E-state index contributed by atoms with van der Waals surface area (Å²) in [6, 6.07) is 0. The molecular formula is C7H13NO3. The molecule has 1 aliphatic rings. The van der Waals surface area contributed by atoms with Gasteiger partial charge < -0.3 is 4.84 Å². The highest BCUT2D eigenvalue weighted by atomic mass is 17.0. The topological polar surface area (TPSA) is 52.4 Å². The second-order valence-electron chi connectivity index (χ2n) is 3.33. The fourth-order valence-electron chi connectivity index (χ4n) is 1.57. The van der Waals surface area contributed by atoms with Crippen molar-refractivity contribution in [3.63, 3.8) is 0 Å². The molecule has 0 spiro atoms. The molecule has 0 radical (unpaired) electrons. The SMILES string of the molecule is CC1(O[N+](=O)[O-])CCCCC1. The van der Waals surface area contributed by atoms with E-state index in [2.05, 4.69) is 4.84 Å². The van der Waals surface area contributed by atoms with Crippen LogP contribution in [0.15, 0.2) is 0 Å². The Kier molecular flexibility index (Phi) is 2.31. The Bertz CT molecular complexity index is 152. The molecule has 0 heterocycles. The van der Waals surface area contributed by atoms with Crippen molar-refractivity contribution in [1.29, 1.82) is 0 Å². The predicted octanol–water partition coefficient (Wildman–Crippen LogP) is 1.92. The molecule has 0 aromatic rings. The van der Waals surface area contributed by atoms with Crippen LogP contribution in [-0.4, -0.2) is 10.7 Å². The van der Waals surface area contributed by atoms with E-state index in [-0.39, 0.29) is 0 Å². The van der Waals surface area contributed by atoms with Gasteiger partial charge in [-0.05, 0) is 19.8 Å². The molecule has 0 bridgehead atoms. The zero-order valence-electron chi connectivity index (χ0n) is 6.71. The van der Waals surface area contributed by atoms with E-state index < -0.39 is 10.7 Å². The van der Waals surface area contributed by atoms with Gasteiger partial charge in [0.1, 0.15) is 5.60 Å². The molecule has 4 nitrogen and oxygen atoms in total. The molecule has 4 heteroatoms. The summed E-state index contributed by atoms with van der Waals surface area (Å²) in [6.45, 7) is 1.81. The molecule has 0 aromatic heterocycles. The lowest BCUT2D eigenvalue weighted by molar-refractivity contribution is -0.781. The minimum absolute atomic E-state index is 0.498. The largest absolute Gasteiger partial charge is 0.308 e. The lowest BCUT2D eigenvalue weighted by Gasteiger charge is -2.30. The van der Waals surface area contributed by atoms with Gasteiger partial charge >= 0.3 is 0 Å². The van der Waals surface area contributed by atoms with Crippen molar-refractivity contribution in [3.05, 3.63) is 10.1 Å². The summed E-state index contributed by atoms with van der Waals surface area (Å²) >= 11 is 0. The Labute approximate surface area is 65.6 Å². The maximum Gasteiger partial charge on any atom is 0.295 e. The molecular weight excluding hydrogens is 146 g/mol. The maximum absolute atomic E-state index is 10.1. The van der Waals surface area contributed by atoms with E-state index in [9.17, 15) is 10.1 Å². The highest BCUT2D eigenvalue weighted by Crippen LogP contribution is 2.30. The minimum atomic E-state index is -0.675. The Morgan fingerprint density at radius 1 is 1.36 bits per heavy atom. The van der Waals surface area contributed by atoms with E-state index in [1.807, 2.05) is 6.92 Å². The summed E-state index contributed by atoms with van der Waals surface area (Å²) in [6.07, 6.45) is 4.90. The average Bonchev–Trinajstić information content (AvgIpc) is 1.85. The third-order valence-corrected chi connectivity index (χ3v) is 2.21. The number of nitrogens with zero attached hydrogens (tertiary/aromatic N) is 1. The Balaban J connectivity index is 2.43. The smallest absolute Gasteiger partial charge is 0.295 e. The molecule has 0 N–H and O–H groups in total. The highest BCUT2D eigenvalue weighted by Gasteiger charge is 2.30. The van der Waals surface area contributed by atoms with E-state index >= 15 is 0 Å². The molecule has 0 atom stereocenters. The van der Waals surface area contributed by atoms with Gasteiger partial charge in [0.2, 0.25) is 0 Å². The Morgan fingerprint density at radius 3 is 2.36 bits per heavy atom. The van der Waals surface area contributed by atoms with Gasteiger partial charge in [0.15, 0.2) is 0 Å². The molecule has 64 valence electrons. The minimum Gasteiger partial charge on any atom is -0.308 e. The van der Waals surface area contributed by atoms with Crippen LogP contribution in [0.1, 0.15) is 39.0 Å². The van der Waals surface area contributed by atoms with Gasteiger partial charge in [-0.25, -0.2) is 0 Å². The number of rotatable bonds is 2. The molecule has 1 aliphatic carbocycles. The van der Waals surface area contributed by atoms with Crippen molar-refractivity contribution in [2.75, 3.05) is 0 Å². The van der Waals surface area contributed by atoms with Crippen LogP contribution in [0.3, 0.4) is 0 Å². The lowest BCUT2D eigenvalue weighted by atomic mass is 9.87. The number of hydrogen-bond donors (Lipinski definition) is 0. The van der Waals surface area contributed by atoms with Gasteiger partial charge in [0.25, 0.3) is 5.09 Å². The fraction of sp³-hybridized carbons (Fsp3) is 1.00. The van der Waals surface area contributed by atoms with Crippen LogP contribution in [0.4, 0.5) is 0 Å². The van der Waals surface area contributed by atoms with Crippen molar-refractivity contribution in [2.24, 2.45) is 0 Å². The maximum atomic E-state index is 10.1. The molecule has 0 amide bonds. The van der Waals surface area contributed by atoms with Crippen LogP contribution in [-0.2, 0) is 4.84 Å². The molecule has 1 fully saturated rings. The van der Waals surface area contributed by atoms with Gasteiger partial charge in [-0.2, -0.15) is 0 Å². The normalized spacial score (nSPS) is 22.6. The van der Waals surface area contributed by atoms with Crippen LogP contribution >= 0.6 is 0 Å². The van der Waals surface area contributed by atoms with E-state index in [4.69, 9.17) is 0 Å². The average molecular weight is 159 g/mol. The van der Waals surface area contributed by atoms with Crippen LogP contribution in [0.25, 0.3) is 0 Å². The number of hydrogen-bond acceptors (Lipinski definition) is 3. The van der Waals surface area contributed by atoms with Crippen molar-refractivity contribution in [1.82, 2.24) is 0 Å². The predicted molar refractivity (Wildman–Crippen MR) is 39.6 cm³/mol. The Hall–Kier alpha value is -0.800. The summed E-state index contributed by atoms with van der Waals surface area (Å²) in [7, 11) is 0. The van der Waals surface area contributed by atoms with E-state index in [1.165, 1.54) is 6.42 Å². The quantitative estimate of drug-likeness (QED) is 0.457. The third kappa shape index (κ3) is 2.37. The first-order valence-electron chi connectivity index (χ1n) is 3.96. The van der Waals surface area contributed by atoms with Gasteiger partial charge in [-0.15, -0.1) is 10.1 Å². The first-order chi connectivity index (χ1) is 5.12. The van der Waals surface area contributed by atoms with Crippen LogP contribution in [0.5, 0.6) is 0 Å². The molecule has 0 aliphatic heterocycles. The van der Waals surface area contributed by atoms with Gasteiger partial charge in [-0.3, -0.25) is 0 Å². The van der Waals surface area contributed by atoms with Crippen LogP contribution < -0.4 is 0 Å². The van der Waals surface area contributed by atoms with Crippen LogP contribution in [0.2, 0.25) is 0 Å². The van der Waals surface area contributed by atoms with Gasteiger partial charge in [-0.1, -0.05) is 19.3 Å². The monoisotopic (exact) mass is 159 g/mol. The standard InChI is InChI=1S/C7H13NO3/c1-7(11-8(9)10)5-3-2-4-6-7/h2-6H2,1H3. The first kappa shape index (κ1) is 8.30. The highest BCUT2D eigenvalue weighted by molar-refractivity contribution is 4.77. The fourth-order valence-corrected chi connectivity index (χ4v) is 1.57. The molecule has 1 rings (SSSR count). The van der Waals surface area contributed by atoms with Crippen molar-refractivity contribution < 1.29 is 9.92 Å². The van der Waals surface area contributed by atoms with Crippen LogP contribution in [0, 0.1) is 10.1 Å². The van der Waals surface area contributed by atoms with Gasteiger partial charge in [0, 0.05) is 0 Å². The third-order valence-electron chi connectivity index (χ3n) is 2.21. The Morgan fingerprint density at radius 2 is 1.91 bits per heavy atom. The molecule has 0 saturated heterocycles. The van der Waals surface area contributed by atoms with Crippen molar-refractivity contribution in [2.45, 2.75) is 44.6 Å². The zero-order valence-corrected chi connectivity index (χ0v) is 6.71. The van der Waals surface area contributed by atoms with E-state index in [0.29, 0.717) is 0 Å². The molecule has 1 saturated carbocycles. The summed E-state index contributed by atoms with van der Waals surface area (Å²) in [4.78, 5) is 14.7. The second kappa shape index (κ2) is 3.07. The second-order valence-corrected chi connectivity index (χ2v) is 3.33. The molecule has 0 aromatic carbocycles. The zero-order chi connectivity index (χ0) is 8.32. The van der Waals surface area contributed by atoms with Crippen molar-refractivity contribution >= 4 is 0 Å².